The summed E-state index contributed by atoms with van der Waals surface area (Å²) in [6, 6.07) is 0. The van der Waals surface area contributed by atoms with Gasteiger partial charge < -0.3 is 0 Å². The van der Waals surface area contributed by atoms with E-state index in [1.807, 2.05) is 13.1 Å². The molecular weight excluding hydrogens is 199 g/mol. The lowest BCUT2D eigenvalue weighted by atomic mass is 10.2. The normalized spacial score (nSPS) is 11.0. The predicted octanol–water partition coefficient (Wildman–Crippen LogP) is 2.90. The number of aromatic nitrogens is 2. The van der Waals surface area contributed by atoms with Crippen molar-refractivity contribution in [1.82, 2.24) is 9.97 Å². The third-order valence-electron chi connectivity index (χ3n) is 2.11. The first-order valence-corrected chi connectivity index (χ1v) is 5.45. The Balaban J connectivity index is 2.32. The Kier molecular flexibility index (Phi) is 2.72. The molecule has 0 saturated heterocycles. The number of thiophene rings is 1. The maximum Gasteiger partial charge on any atom is 0.130 e. The molecule has 0 aliphatic heterocycles. The number of fused-ring (bicyclic) bond motifs is 1. The maximum atomic E-state index is 11.9. The average molecular weight is 210 g/mol. The van der Waals surface area contributed by atoms with Crippen molar-refractivity contribution in [2.24, 2.45) is 0 Å². The zero-order chi connectivity index (χ0) is 9.97. The Labute approximate surface area is 85.8 Å². The van der Waals surface area contributed by atoms with Gasteiger partial charge in [-0.1, -0.05) is 0 Å². The molecule has 0 bridgehead atoms. The zero-order valence-electron chi connectivity index (χ0n) is 7.96. The monoisotopic (exact) mass is 210 g/mol. The number of hydrogen-bond acceptors (Lipinski definition) is 3. The molecule has 0 saturated carbocycles. The molecule has 14 heavy (non-hydrogen) atoms. The SMILES string of the molecule is Cc1csc2nc(CCCF)ncc12. The van der Waals surface area contributed by atoms with Crippen molar-refractivity contribution in [3.63, 3.8) is 0 Å². The van der Waals surface area contributed by atoms with Crippen LogP contribution in [0.15, 0.2) is 11.6 Å². The summed E-state index contributed by atoms with van der Waals surface area (Å²) in [4.78, 5) is 9.59. The van der Waals surface area contributed by atoms with E-state index in [0.717, 1.165) is 16.0 Å². The smallest absolute Gasteiger partial charge is 0.130 e. The van der Waals surface area contributed by atoms with Gasteiger partial charge in [-0.2, -0.15) is 0 Å². The van der Waals surface area contributed by atoms with Crippen LogP contribution in [0.25, 0.3) is 10.2 Å². The molecule has 0 aliphatic carbocycles. The third-order valence-corrected chi connectivity index (χ3v) is 3.12. The van der Waals surface area contributed by atoms with Gasteiger partial charge in [0.25, 0.3) is 0 Å². The van der Waals surface area contributed by atoms with Crippen LogP contribution in [0.4, 0.5) is 4.39 Å². The fourth-order valence-corrected chi connectivity index (χ4v) is 2.23. The van der Waals surface area contributed by atoms with E-state index in [1.54, 1.807) is 11.3 Å². The van der Waals surface area contributed by atoms with Crippen LogP contribution in [-0.4, -0.2) is 16.6 Å². The Hall–Kier alpha value is -1.03. The minimum atomic E-state index is -0.301. The van der Waals surface area contributed by atoms with Crippen molar-refractivity contribution in [2.75, 3.05) is 6.67 Å². The first-order chi connectivity index (χ1) is 6.81. The second-order valence-corrected chi connectivity index (χ2v) is 4.07. The molecular formula is C10H11FN2S. The minimum absolute atomic E-state index is 0.301. The Morgan fingerprint density at radius 2 is 2.36 bits per heavy atom. The van der Waals surface area contributed by atoms with Crippen LogP contribution >= 0.6 is 11.3 Å². The van der Waals surface area contributed by atoms with E-state index in [4.69, 9.17) is 0 Å². The van der Waals surface area contributed by atoms with Gasteiger partial charge in [-0.25, -0.2) is 9.97 Å². The largest absolute Gasteiger partial charge is 0.251 e. The Morgan fingerprint density at radius 1 is 1.50 bits per heavy atom. The summed E-state index contributed by atoms with van der Waals surface area (Å²) in [5.74, 6) is 0.747. The molecule has 2 heterocycles. The van der Waals surface area contributed by atoms with E-state index in [2.05, 4.69) is 15.3 Å². The summed E-state index contributed by atoms with van der Waals surface area (Å²) in [5.41, 5.74) is 1.21. The van der Waals surface area contributed by atoms with Crippen LogP contribution in [0, 0.1) is 6.92 Å². The molecule has 0 fully saturated rings. The van der Waals surface area contributed by atoms with E-state index in [9.17, 15) is 4.39 Å². The van der Waals surface area contributed by atoms with Gasteiger partial charge in [-0.05, 0) is 24.3 Å². The van der Waals surface area contributed by atoms with Crippen molar-refractivity contribution in [1.29, 1.82) is 0 Å². The number of hydrogen-bond donors (Lipinski definition) is 0. The first kappa shape index (κ1) is 9.52. The van der Waals surface area contributed by atoms with E-state index in [0.29, 0.717) is 12.8 Å². The summed E-state index contributed by atoms with van der Waals surface area (Å²) >= 11 is 1.62. The Bertz CT molecular complexity index is 439. The lowest BCUT2D eigenvalue weighted by Gasteiger charge is -1.97. The summed E-state index contributed by atoms with van der Waals surface area (Å²) in [6.45, 7) is 1.74. The molecule has 0 spiro atoms. The second-order valence-electron chi connectivity index (χ2n) is 3.22. The fourth-order valence-electron chi connectivity index (χ4n) is 1.31. The summed E-state index contributed by atoms with van der Waals surface area (Å²) in [7, 11) is 0. The van der Waals surface area contributed by atoms with Crippen LogP contribution in [0.2, 0.25) is 0 Å². The molecule has 0 atom stereocenters. The second kappa shape index (κ2) is 4.00. The van der Waals surface area contributed by atoms with E-state index in [-0.39, 0.29) is 6.67 Å². The van der Waals surface area contributed by atoms with Crippen LogP contribution in [-0.2, 0) is 6.42 Å². The minimum Gasteiger partial charge on any atom is -0.251 e. The highest BCUT2D eigenvalue weighted by Gasteiger charge is 2.03. The van der Waals surface area contributed by atoms with Gasteiger partial charge in [-0.3, -0.25) is 4.39 Å². The van der Waals surface area contributed by atoms with Crippen LogP contribution in [0.3, 0.4) is 0 Å². The molecule has 2 rings (SSSR count). The van der Waals surface area contributed by atoms with E-state index in [1.165, 1.54) is 5.56 Å². The van der Waals surface area contributed by atoms with E-state index >= 15 is 0 Å². The van der Waals surface area contributed by atoms with Crippen molar-refractivity contribution < 1.29 is 4.39 Å². The van der Waals surface area contributed by atoms with E-state index < -0.39 is 0 Å². The van der Waals surface area contributed by atoms with Crippen molar-refractivity contribution in [2.45, 2.75) is 19.8 Å². The molecule has 0 N–H and O–H groups in total. The number of halogens is 1. The zero-order valence-corrected chi connectivity index (χ0v) is 8.77. The van der Waals surface area contributed by atoms with Crippen molar-refractivity contribution in [3.05, 3.63) is 23.0 Å². The van der Waals surface area contributed by atoms with Crippen molar-refractivity contribution in [3.8, 4) is 0 Å². The van der Waals surface area contributed by atoms with Crippen molar-refractivity contribution >= 4 is 21.6 Å². The highest BCUT2D eigenvalue weighted by atomic mass is 32.1. The maximum absolute atomic E-state index is 11.9. The van der Waals surface area contributed by atoms with Gasteiger partial charge >= 0.3 is 0 Å². The molecule has 0 aromatic carbocycles. The number of alkyl halides is 1. The Morgan fingerprint density at radius 3 is 3.14 bits per heavy atom. The topological polar surface area (TPSA) is 25.8 Å². The average Bonchev–Trinajstić information content (AvgIpc) is 2.57. The number of rotatable bonds is 3. The van der Waals surface area contributed by atoms with Gasteiger partial charge in [0.1, 0.15) is 10.7 Å². The highest BCUT2D eigenvalue weighted by molar-refractivity contribution is 7.16. The van der Waals surface area contributed by atoms with Crippen LogP contribution in [0.5, 0.6) is 0 Å². The lowest BCUT2D eigenvalue weighted by molar-refractivity contribution is 0.469. The van der Waals surface area contributed by atoms with Crippen LogP contribution in [0.1, 0.15) is 17.8 Å². The standard InChI is InChI=1S/C10H11FN2S/c1-7-6-14-10-8(7)5-12-9(13-10)3-2-4-11/h5-6H,2-4H2,1H3. The summed E-state index contributed by atoms with van der Waals surface area (Å²) in [6.07, 6.45) is 2.97. The fraction of sp³-hybridized carbons (Fsp3) is 0.400. The molecule has 0 aliphatic rings. The molecule has 0 amide bonds. The molecule has 2 nitrogen and oxygen atoms in total. The van der Waals surface area contributed by atoms with Gasteiger partial charge in [0.05, 0.1) is 6.67 Å². The van der Waals surface area contributed by atoms with Gasteiger partial charge in [0, 0.05) is 18.0 Å². The summed E-state index contributed by atoms with van der Waals surface area (Å²) in [5, 5.41) is 3.18. The molecule has 4 heteroatoms. The lowest BCUT2D eigenvalue weighted by Crippen LogP contribution is -1.94. The van der Waals surface area contributed by atoms with Gasteiger partial charge in [0.2, 0.25) is 0 Å². The number of aryl methyl sites for hydroxylation is 2. The molecule has 0 radical (unpaired) electrons. The third kappa shape index (κ3) is 1.75. The number of nitrogens with zero attached hydrogens (tertiary/aromatic N) is 2. The molecule has 2 aromatic rings. The quantitative estimate of drug-likeness (QED) is 0.778. The predicted molar refractivity (Wildman–Crippen MR) is 56.4 cm³/mol. The van der Waals surface area contributed by atoms with Gasteiger partial charge in [-0.15, -0.1) is 11.3 Å². The first-order valence-electron chi connectivity index (χ1n) is 4.57. The highest BCUT2D eigenvalue weighted by Crippen LogP contribution is 2.22. The van der Waals surface area contributed by atoms with Crippen LogP contribution < -0.4 is 0 Å². The molecule has 74 valence electrons. The molecule has 2 aromatic heterocycles. The summed E-state index contributed by atoms with van der Waals surface area (Å²) < 4.78 is 11.9. The molecule has 0 unspecified atom stereocenters. The van der Waals surface area contributed by atoms with Gasteiger partial charge in [0.15, 0.2) is 0 Å².